The number of hydrogen-bond donors (Lipinski definition) is 1. The van der Waals surface area contributed by atoms with Crippen LogP contribution in [0.4, 0.5) is 5.82 Å². The molecule has 0 aliphatic rings. The van der Waals surface area contributed by atoms with Crippen LogP contribution in [0.15, 0.2) is 12.3 Å². The third kappa shape index (κ3) is 3.54. The van der Waals surface area contributed by atoms with E-state index in [2.05, 4.69) is 31.1 Å². The van der Waals surface area contributed by atoms with Gasteiger partial charge >= 0.3 is 0 Å². The van der Waals surface area contributed by atoms with Crippen LogP contribution in [0.2, 0.25) is 10.0 Å². The number of halogens is 2. The Balaban J connectivity index is 2.79. The van der Waals surface area contributed by atoms with Crippen LogP contribution in [0.5, 0.6) is 0 Å². The highest BCUT2D eigenvalue weighted by atomic mass is 35.5. The summed E-state index contributed by atoms with van der Waals surface area (Å²) in [5, 5.41) is 4.45. The van der Waals surface area contributed by atoms with Gasteiger partial charge in [0, 0.05) is 12.2 Å². The molecule has 0 aliphatic heterocycles. The zero-order chi connectivity index (χ0) is 11.4. The lowest BCUT2D eigenvalue weighted by Crippen LogP contribution is -2.25. The lowest BCUT2D eigenvalue weighted by atomic mass is 10.0. The Morgan fingerprint density at radius 1 is 1.40 bits per heavy atom. The second-order valence-electron chi connectivity index (χ2n) is 3.89. The third-order valence-corrected chi connectivity index (χ3v) is 2.87. The summed E-state index contributed by atoms with van der Waals surface area (Å²) in [5.74, 6) is 1.25. The average Bonchev–Trinajstić information content (AvgIpc) is 2.16. The summed E-state index contributed by atoms with van der Waals surface area (Å²) in [7, 11) is 0. The molecule has 0 saturated heterocycles. The normalized spacial score (nSPS) is 12.9. The van der Waals surface area contributed by atoms with Crippen LogP contribution in [-0.2, 0) is 0 Å². The summed E-state index contributed by atoms with van der Waals surface area (Å²) in [5.41, 5.74) is 0. The minimum Gasteiger partial charge on any atom is -0.366 e. The Morgan fingerprint density at radius 3 is 2.53 bits per heavy atom. The van der Waals surface area contributed by atoms with Crippen LogP contribution >= 0.6 is 23.2 Å². The smallest absolute Gasteiger partial charge is 0.145 e. The Morgan fingerprint density at radius 2 is 2.07 bits per heavy atom. The highest BCUT2D eigenvalue weighted by Crippen LogP contribution is 2.24. The van der Waals surface area contributed by atoms with Crippen molar-refractivity contribution < 1.29 is 0 Å². The van der Waals surface area contributed by atoms with Crippen LogP contribution in [-0.4, -0.2) is 11.0 Å². The molecule has 4 heteroatoms. The number of nitrogens with zero attached hydrogens (tertiary/aromatic N) is 1. The van der Waals surface area contributed by atoms with Gasteiger partial charge in [0.25, 0.3) is 0 Å². The van der Waals surface area contributed by atoms with Crippen molar-refractivity contribution in [2.45, 2.75) is 33.2 Å². The van der Waals surface area contributed by atoms with Crippen LogP contribution in [0.1, 0.15) is 27.2 Å². The van der Waals surface area contributed by atoms with Crippen LogP contribution < -0.4 is 5.32 Å². The molecular formula is C11H16Cl2N2. The van der Waals surface area contributed by atoms with E-state index in [0.717, 1.165) is 6.42 Å². The maximum absolute atomic E-state index is 6.03. The molecule has 84 valence electrons. The van der Waals surface area contributed by atoms with Gasteiger partial charge < -0.3 is 5.32 Å². The SMILES string of the molecule is CCC(Nc1ncc(Cl)cc1Cl)C(C)C. The van der Waals surface area contributed by atoms with Crippen molar-refractivity contribution in [1.82, 2.24) is 4.98 Å². The van der Waals surface area contributed by atoms with Gasteiger partial charge in [-0.25, -0.2) is 4.98 Å². The molecule has 1 heterocycles. The van der Waals surface area contributed by atoms with Gasteiger partial charge in [-0.05, 0) is 18.4 Å². The van der Waals surface area contributed by atoms with Crippen molar-refractivity contribution in [1.29, 1.82) is 0 Å². The molecule has 0 spiro atoms. The summed E-state index contributed by atoms with van der Waals surface area (Å²) in [6.07, 6.45) is 2.64. The first-order valence-corrected chi connectivity index (χ1v) is 5.87. The molecule has 0 fully saturated rings. The van der Waals surface area contributed by atoms with Crippen LogP contribution in [0, 0.1) is 5.92 Å². The van der Waals surface area contributed by atoms with E-state index >= 15 is 0 Å². The van der Waals surface area contributed by atoms with E-state index in [4.69, 9.17) is 23.2 Å². The maximum Gasteiger partial charge on any atom is 0.145 e. The molecule has 1 unspecified atom stereocenters. The van der Waals surface area contributed by atoms with Gasteiger partial charge in [-0.2, -0.15) is 0 Å². The predicted molar refractivity (Wildman–Crippen MR) is 66.8 cm³/mol. The largest absolute Gasteiger partial charge is 0.366 e. The van der Waals surface area contributed by atoms with Crippen molar-refractivity contribution >= 4 is 29.0 Å². The molecule has 1 aromatic rings. The second-order valence-corrected chi connectivity index (χ2v) is 4.73. The average molecular weight is 247 g/mol. The standard InChI is InChI=1S/C11H16Cl2N2/c1-4-10(7(2)3)15-11-9(13)5-8(12)6-14-11/h5-7,10H,4H2,1-3H3,(H,14,15). The first kappa shape index (κ1) is 12.6. The Hall–Kier alpha value is -0.470. The molecule has 1 N–H and O–H groups in total. The summed E-state index contributed by atoms with van der Waals surface area (Å²) >= 11 is 11.8. The first-order valence-electron chi connectivity index (χ1n) is 5.12. The van der Waals surface area contributed by atoms with E-state index in [1.54, 1.807) is 12.3 Å². The Labute approximate surface area is 101 Å². The van der Waals surface area contributed by atoms with Gasteiger partial charge in [0.1, 0.15) is 5.82 Å². The molecule has 0 radical (unpaired) electrons. The van der Waals surface area contributed by atoms with Crippen molar-refractivity contribution in [2.75, 3.05) is 5.32 Å². The first-order chi connectivity index (χ1) is 7.04. The second kappa shape index (κ2) is 5.57. The number of rotatable bonds is 4. The number of hydrogen-bond acceptors (Lipinski definition) is 2. The molecule has 0 amide bonds. The molecule has 0 saturated carbocycles. The van der Waals surface area contributed by atoms with Crippen molar-refractivity contribution in [3.63, 3.8) is 0 Å². The fraction of sp³-hybridized carbons (Fsp3) is 0.545. The molecule has 1 aromatic heterocycles. The Bertz CT molecular complexity index is 326. The summed E-state index contributed by atoms with van der Waals surface area (Å²) in [4.78, 5) is 4.17. The molecular weight excluding hydrogens is 231 g/mol. The highest BCUT2D eigenvalue weighted by molar-refractivity contribution is 6.35. The van der Waals surface area contributed by atoms with E-state index in [9.17, 15) is 0 Å². The van der Waals surface area contributed by atoms with Crippen molar-refractivity contribution in [2.24, 2.45) is 5.92 Å². The summed E-state index contributed by atoms with van der Waals surface area (Å²) in [6.45, 7) is 6.48. The zero-order valence-electron chi connectivity index (χ0n) is 9.22. The van der Waals surface area contributed by atoms with Gasteiger partial charge in [0.2, 0.25) is 0 Å². The predicted octanol–water partition coefficient (Wildman–Crippen LogP) is 4.23. The van der Waals surface area contributed by atoms with Gasteiger partial charge in [-0.15, -0.1) is 0 Å². The number of nitrogens with one attached hydrogen (secondary N) is 1. The molecule has 0 bridgehead atoms. The van der Waals surface area contributed by atoms with Gasteiger partial charge in [-0.3, -0.25) is 0 Å². The quantitative estimate of drug-likeness (QED) is 0.860. The number of anilines is 1. The molecule has 0 aromatic carbocycles. The molecule has 15 heavy (non-hydrogen) atoms. The topological polar surface area (TPSA) is 24.9 Å². The Kier molecular flexibility index (Phi) is 4.68. The third-order valence-electron chi connectivity index (χ3n) is 2.37. The molecule has 1 rings (SSSR count). The van der Waals surface area contributed by atoms with Crippen LogP contribution in [0.25, 0.3) is 0 Å². The maximum atomic E-state index is 6.03. The summed E-state index contributed by atoms with van der Waals surface area (Å²) < 4.78 is 0. The lowest BCUT2D eigenvalue weighted by Gasteiger charge is -2.21. The summed E-state index contributed by atoms with van der Waals surface area (Å²) in [6, 6.07) is 2.09. The van der Waals surface area contributed by atoms with E-state index in [0.29, 0.717) is 27.8 Å². The fourth-order valence-corrected chi connectivity index (χ4v) is 1.87. The van der Waals surface area contributed by atoms with Gasteiger partial charge in [0.15, 0.2) is 0 Å². The lowest BCUT2D eigenvalue weighted by molar-refractivity contribution is 0.510. The van der Waals surface area contributed by atoms with E-state index in [1.165, 1.54) is 0 Å². The van der Waals surface area contributed by atoms with Crippen molar-refractivity contribution in [3.05, 3.63) is 22.3 Å². The highest BCUT2D eigenvalue weighted by Gasteiger charge is 2.13. The number of aromatic nitrogens is 1. The minimum atomic E-state index is 0.385. The van der Waals surface area contributed by atoms with E-state index in [1.807, 2.05) is 0 Å². The molecule has 2 nitrogen and oxygen atoms in total. The monoisotopic (exact) mass is 246 g/mol. The van der Waals surface area contributed by atoms with E-state index in [-0.39, 0.29) is 0 Å². The van der Waals surface area contributed by atoms with Gasteiger partial charge in [0.05, 0.1) is 10.0 Å². The van der Waals surface area contributed by atoms with E-state index < -0.39 is 0 Å². The van der Waals surface area contributed by atoms with Crippen LogP contribution in [0.3, 0.4) is 0 Å². The van der Waals surface area contributed by atoms with Gasteiger partial charge in [-0.1, -0.05) is 44.0 Å². The zero-order valence-corrected chi connectivity index (χ0v) is 10.7. The minimum absolute atomic E-state index is 0.385. The number of pyridine rings is 1. The molecule has 1 atom stereocenters. The van der Waals surface area contributed by atoms with Crippen molar-refractivity contribution in [3.8, 4) is 0 Å². The fourth-order valence-electron chi connectivity index (χ4n) is 1.44. The molecule has 0 aliphatic carbocycles.